The molecule has 0 fully saturated rings. The molecular formula is C9H10N2O4S. The Morgan fingerprint density at radius 1 is 1.19 bits per heavy atom. The first-order valence-corrected chi connectivity index (χ1v) is 5.74. The molecule has 0 radical (unpaired) electrons. The molecule has 7 heteroatoms. The standard InChI is InChI=1S/C9H10N2O4S/c1-6(12)11-7-2-4-8(5-3-7)16(14,15)9(10)13/h2-5H,1H3,(H2,10,13)(H,11,12). The van der Waals surface area contributed by atoms with Gasteiger partial charge in [-0.25, -0.2) is 8.42 Å². The highest BCUT2D eigenvalue weighted by atomic mass is 32.2. The van der Waals surface area contributed by atoms with E-state index in [9.17, 15) is 18.0 Å². The Morgan fingerprint density at radius 2 is 1.69 bits per heavy atom. The minimum atomic E-state index is -4.10. The van der Waals surface area contributed by atoms with Crippen LogP contribution < -0.4 is 11.1 Å². The lowest BCUT2D eigenvalue weighted by Gasteiger charge is -2.03. The summed E-state index contributed by atoms with van der Waals surface area (Å²) in [6.45, 7) is 1.33. The average Bonchev–Trinajstić information content (AvgIpc) is 2.17. The Labute approximate surface area is 92.4 Å². The molecule has 0 aliphatic rings. The van der Waals surface area contributed by atoms with Gasteiger partial charge in [0.25, 0.3) is 9.84 Å². The summed E-state index contributed by atoms with van der Waals surface area (Å²) in [6, 6.07) is 5.14. The van der Waals surface area contributed by atoms with Crippen LogP contribution >= 0.6 is 0 Å². The highest BCUT2D eigenvalue weighted by Gasteiger charge is 2.20. The molecule has 1 aromatic rings. The lowest BCUT2D eigenvalue weighted by molar-refractivity contribution is -0.114. The number of rotatable bonds is 2. The highest BCUT2D eigenvalue weighted by molar-refractivity contribution is 8.06. The predicted molar refractivity (Wildman–Crippen MR) is 57.5 cm³/mol. The Bertz CT molecular complexity index is 519. The molecule has 16 heavy (non-hydrogen) atoms. The monoisotopic (exact) mass is 242 g/mol. The Balaban J connectivity index is 3.05. The molecule has 2 amide bonds. The smallest absolute Gasteiger partial charge is 0.338 e. The van der Waals surface area contributed by atoms with Crippen LogP contribution in [0, 0.1) is 0 Å². The molecule has 0 saturated carbocycles. The number of sulfone groups is 1. The maximum atomic E-state index is 11.3. The topological polar surface area (TPSA) is 106 Å². The predicted octanol–water partition coefficient (Wildman–Crippen LogP) is 0.497. The van der Waals surface area contributed by atoms with E-state index in [4.69, 9.17) is 5.73 Å². The zero-order valence-electron chi connectivity index (χ0n) is 8.43. The Kier molecular flexibility index (Phi) is 3.28. The minimum Gasteiger partial charge on any atom is -0.356 e. The van der Waals surface area contributed by atoms with Crippen LogP contribution in [-0.4, -0.2) is 19.6 Å². The van der Waals surface area contributed by atoms with Crippen molar-refractivity contribution in [1.82, 2.24) is 0 Å². The van der Waals surface area contributed by atoms with Crippen LogP contribution in [0.1, 0.15) is 6.92 Å². The van der Waals surface area contributed by atoms with Crippen LogP contribution in [0.15, 0.2) is 29.2 Å². The van der Waals surface area contributed by atoms with Crippen LogP contribution in [0.5, 0.6) is 0 Å². The lowest BCUT2D eigenvalue weighted by Crippen LogP contribution is -2.21. The third kappa shape index (κ3) is 2.57. The second kappa shape index (κ2) is 4.31. The van der Waals surface area contributed by atoms with Crippen molar-refractivity contribution in [3.63, 3.8) is 0 Å². The normalized spacial score (nSPS) is 10.8. The summed E-state index contributed by atoms with van der Waals surface area (Å²) in [6.07, 6.45) is 0. The number of nitrogens with two attached hydrogens (primary N) is 1. The van der Waals surface area contributed by atoms with Gasteiger partial charge in [-0.15, -0.1) is 0 Å². The van der Waals surface area contributed by atoms with E-state index in [0.717, 1.165) is 0 Å². The van der Waals surface area contributed by atoms with Gasteiger partial charge in [-0.3, -0.25) is 9.59 Å². The van der Waals surface area contributed by atoms with Crippen molar-refractivity contribution >= 4 is 26.7 Å². The number of carbonyl (C=O) groups is 2. The van der Waals surface area contributed by atoms with E-state index in [2.05, 4.69) is 5.32 Å². The highest BCUT2D eigenvalue weighted by Crippen LogP contribution is 2.15. The zero-order valence-corrected chi connectivity index (χ0v) is 9.24. The summed E-state index contributed by atoms with van der Waals surface area (Å²) in [5, 5.41) is 1.06. The molecule has 0 heterocycles. The van der Waals surface area contributed by atoms with E-state index in [1.165, 1.54) is 31.2 Å². The van der Waals surface area contributed by atoms with Gasteiger partial charge < -0.3 is 11.1 Å². The van der Waals surface area contributed by atoms with Crippen molar-refractivity contribution in [2.75, 3.05) is 5.32 Å². The molecule has 0 unspecified atom stereocenters. The molecule has 3 N–H and O–H groups in total. The van der Waals surface area contributed by atoms with Gasteiger partial charge in [0, 0.05) is 12.6 Å². The number of nitrogens with one attached hydrogen (secondary N) is 1. The number of anilines is 1. The summed E-state index contributed by atoms with van der Waals surface area (Å²) in [5.74, 6) is -0.273. The van der Waals surface area contributed by atoms with Crippen molar-refractivity contribution in [1.29, 1.82) is 0 Å². The van der Waals surface area contributed by atoms with Crippen LogP contribution in [0.4, 0.5) is 10.5 Å². The van der Waals surface area contributed by atoms with Crippen molar-refractivity contribution in [3.05, 3.63) is 24.3 Å². The molecule has 0 aromatic heterocycles. The van der Waals surface area contributed by atoms with Crippen LogP contribution in [0.2, 0.25) is 0 Å². The molecule has 0 atom stereocenters. The Hall–Kier alpha value is -1.89. The third-order valence-corrected chi connectivity index (χ3v) is 3.17. The number of amides is 2. The zero-order chi connectivity index (χ0) is 12.3. The maximum Gasteiger partial charge on any atom is 0.338 e. The third-order valence-electron chi connectivity index (χ3n) is 1.75. The molecule has 0 spiro atoms. The van der Waals surface area contributed by atoms with E-state index in [-0.39, 0.29) is 10.8 Å². The number of hydrogen-bond acceptors (Lipinski definition) is 4. The second-order valence-corrected chi connectivity index (χ2v) is 4.91. The van der Waals surface area contributed by atoms with Crippen LogP contribution in [0.3, 0.4) is 0 Å². The summed E-state index contributed by atoms with van der Waals surface area (Å²) in [4.78, 5) is 21.1. The molecular weight excluding hydrogens is 232 g/mol. The van der Waals surface area contributed by atoms with Crippen LogP contribution in [0.25, 0.3) is 0 Å². The van der Waals surface area contributed by atoms with E-state index >= 15 is 0 Å². The first-order chi connectivity index (χ1) is 7.34. The van der Waals surface area contributed by atoms with E-state index in [0.29, 0.717) is 5.69 Å². The van der Waals surface area contributed by atoms with Gasteiger partial charge in [0.1, 0.15) is 0 Å². The first kappa shape index (κ1) is 12.2. The fourth-order valence-electron chi connectivity index (χ4n) is 1.04. The molecule has 0 saturated heterocycles. The number of carbonyl (C=O) groups excluding carboxylic acids is 2. The molecule has 0 bridgehead atoms. The molecule has 86 valence electrons. The lowest BCUT2D eigenvalue weighted by atomic mass is 10.3. The average molecular weight is 242 g/mol. The molecule has 0 aliphatic heterocycles. The van der Waals surface area contributed by atoms with Gasteiger partial charge in [0.15, 0.2) is 0 Å². The fraction of sp³-hybridized carbons (Fsp3) is 0.111. The number of hydrogen-bond donors (Lipinski definition) is 2. The van der Waals surface area contributed by atoms with Crippen molar-refractivity contribution < 1.29 is 18.0 Å². The SMILES string of the molecule is CC(=O)Nc1ccc(S(=O)(=O)C(N)=O)cc1. The van der Waals surface area contributed by atoms with Gasteiger partial charge in [-0.05, 0) is 24.3 Å². The van der Waals surface area contributed by atoms with Gasteiger partial charge in [0.2, 0.25) is 5.91 Å². The summed E-state index contributed by atoms with van der Waals surface area (Å²) >= 11 is 0. The fourth-order valence-corrected chi connectivity index (χ4v) is 1.76. The summed E-state index contributed by atoms with van der Waals surface area (Å²) < 4.78 is 22.6. The van der Waals surface area contributed by atoms with E-state index in [1.54, 1.807) is 0 Å². The van der Waals surface area contributed by atoms with Crippen molar-refractivity contribution in [3.8, 4) is 0 Å². The summed E-state index contributed by atoms with van der Waals surface area (Å²) in [7, 11) is -4.10. The van der Waals surface area contributed by atoms with Crippen molar-refractivity contribution in [2.24, 2.45) is 5.73 Å². The van der Waals surface area contributed by atoms with Gasteiger partial charge in [-0.2, -0.15) is 0 Å². The number of benzene rings is 1. The van der Waals surface area contributed by atoms with Gasteiger partial charge in [0.05, 0.1) is 4.90 Å². The largest absolute Gasteiger partial charge is 0.356 e. The molecule has 0 aliphatic carbocycles. The first-order valence-electron chi connectivity index (χ1n) is 4.26. The van der Waals surface area contributed by atoms with Gasteiger partial charge in [-0.1, -0.05) is 0 Å². The molecule has 1 rings (SSSR count). The minimum absolute atomic E-state index is 0.200. The maximum absolute atomic E-state index is 11.3. The second-order valence-electron chi connectivity index (χ2n) is 3.03. The molecule has 6 nitrogen and oxygen atoms in total. The number of primary amides is 1. The quantitative estimate of drug-likeness (QED) is 0.787. The Morgan fingerprint density at radius 3 is 2.06 bits per heavy atom. The van der Waals surface area contributed by atoms with Crippen molar-refractivity contribution in [2.45, 2.75) is 11.8 Å². The van der Waals surface area contributed by atoms with E-state index in [1.807, 2.05) is 0 Å². The van der Waals surface area contributed by atoms with Crippen LogP contribution in [-0.2, 0) is 14.6 Å². The van der Waals surface area contributed by atoms with E-state index < -0.39 is 15.1 Å². The van der Waals surface area contributed by atoms with Gasteiger partial charge >= 0.3 is 5.24 Å². The summed E-state index contributed by atoms with van der Waals surface area (Å²) in [5.41, 5.74) is 5.17. The molecule has 1 aromatic carbocycles.